The van der Waals surface area contributed by atoms with Crippen molar-refractivity contribution in [3.8, 4) is 5.75 Å². The Kier molecular flexibility index (Phi) is 4.56. The van der Waals surface area contributed by atoms with E-state index >= 15 is 0 Å². The van der Waals surface area contributed by atoms with Crippen LogP contribution in [0.4, 0.5) is 0 Å². The van der Waals surface area contributed by atoms with Gasteiger partial charge in [-0.3, -0.25) is 0 Å². The molecule has 1 N–H and O–H groups in total. The Labute approximate surface area is 111 Å². The molecule has 0 saturated heterocycles. The Balaban J connectivity index is 2.19. The normalized spacial score (nSPS) is 20.1. The van der Waals surface area contributed by atoms with Gasteiger partial charge in [0.25, 0.3) is 0 Å². The van der Waals surface area contributed by atoms with Crippen LogP contribution in [-0.2, 0) is 0 Å². The van der Waals surface area contributed by atoms with E-state index in [1.54, 1.807) is 19.1 Å². The lowest BCUT2D eigenvalue weighted by Crippen LogP contribution is -2.28. The fourth-order valence-corrected chi connectivity index (χ4v) is 3.25. The number of methoxy groups -OCH3 is 1. The molecule has 2 rings (SSSR count). The second-order valence-electron chi connectivity index (χ2n) is 3.91. The summed E-state index contributed by atoms with van der Waals surface area (Å²) < 4.78 is 7.43. The van der Waals surface area contributed by atoms with Crippen LogP contribution in [0.1, 0.15) is 18.1 Å². The van der Waals surface area contributed by atoms with Crippen LogP contribution in [-0.4, -0.2) is 35.5 Å². The van der Waals surface area contributed by atoms with Crippen molar-refractivity contribution in [1.82, 2.24) is 4.31 Å². The second kappa shape index (κ2) is 5.96. The zero-order valence-electron chi connectivity index (χ0n) is 9.73. The zero-order chi connectivity index (χ0) is 12.3. The van der Waals surface area contributed by atoms with Gasteiger partial charge in [0.1, 0.15) is 5.75 Å². The number of aliphatic hydroxyl groups is 1. The molecular weight excluding hydrogens is 258 g/mol. The smallest absolute Gasteiger partial charge is 0.125 e. The second-order valence-corrected chi connectivity index (χ2v) is 5.43. The minimum absolute atomic E-state index is 0.488. The molecule has 0 radical (unpaired) electrons. The molecular formula is C12H16ClNO2S. The Morgan fingerprint density at radius 3 is 3.12 bits per heavy atom. The van der Waals surface area contributed by atoms with Gasteiger partial charge in [-0.15, -0.1) is 11.6 Å². The highest BCUT2D eigenvalue weighted by atomic mass is 35.5. The first kappa shape index (κ1) is 13.0. The Morgan fingerprint density at radius 2 is 2.41 bits per heavy atom. The third-order valence-corrected chi connectivity index (χ3v) is 4.13. The molecule has 1 unspecified atom stereocenters. The van der Waals surface area contributed by atoms with E-state index in [0.717, 1.165) is 29.2 Å². The van der Waals surface area contributed by atoms with Gasteiger partial charge in [-0.2, -0.15) is 0 Å². The van der Waals surface area contributed by atoms with E-state index in [-0.39, 0.29) is 0 Å². The number of fused-ring (bicyclic) bond motifs is 1. The number of benzene rings is 1. The Morgan fingerprint density at radius 1 is 1.59 bits per heavy atom. The van der Waals surface area contributed by atoms with Gasteiger partial charge in [-0.1, -0.05) is 6.07 Å². The third-order valence-electron chi connectivity index (χ3n) is 2.72. The van der Waals surface area contributed by atoms with Crippen LogP contribution >= 0.6 is 23.5 Å². The van der Waals surface area contributed by atoms with Crippen LogP contribution in [0.25, 0.3) is 0 Å². The number of halogens is 1. The Bertz CT molecular complexity index is 389. The van der Waals surface area contributed by atoms with E-state index < -0.39 is 6.10 Å². The van der Waals surface area contributed by atoms with Crippen molar-refractivity contribution in [2.24, 2.45) is 0 Å². The molecule has 3 nitrogen and oxygen atoms in total. The lowest BCUT2D eigenvalue weighted by molar-refractivity contribution is 0.140. The molecule has 1 heterocycles. The highest BCUT2D eigenvalue weighted by Crippen LogP contribution is 2.41. The van der Waals surface area contributed by atoms with Crippen molar-refractivity contribution in [3.05, 3.63) is 23.8 Å². The van der Waals surface area contributed by atoms with Crippen molar-refractivity contribution in [2.45, 2.75) is 17.4 Å². The van der Waals surface area contributed by atoms with Crippen LogP contribution in [0.15, 0.2) is 23.1 Å². The first-order valence-corrected chi connectivity index (χ1v) is 6.91. The third kappa shape index (κ3) is 2.88. The molecule has 1 atom stereocenters. The molecule has 0 amide bonds. The maximum atomic E-state index is 10.2. The first-order chi connectivity index (χ1) is 8.26. The largest absolute Gasteiger partial charge is 0.496 e. The SMILES string of the molecule is COc1cccc2c1C(O)CN(CCCCl)S2. The minimum atomic E-state index is -0.488. The predicted octanol–water partition coefficient (Wildman–Crippen LogP) is 2.68. The maximum absolute atomic E-state index is 10.2. The highest BCUT2D eigenvalue weighted by molar-refractivity contribution is 7.97. The van der Waals surface area contributed by atoms with Crippen LogP contribution in [0.3, 0.4) is 0 Å². The van der Waals surface area contributed by atoms with E-state index in [9.17, 15) is 5.11 Å². The summed E-state index contributed by atoms with van der Waals surface area (Å²) in [4.78, 5) is 1.07. The van der Waals surface area contributed by atoms with Gasteiger partial charge >= 0.3 is 0 Å². The molecule has 1 aromatic carbocycles. The highest BCUT2D eigenvalue weighted by Gasteiger charge is 2.27. The molecule has 0 aromatic heterocycles. The van der Waals surface area contributed by atoms with E-state index in [4.69, 9.17) is 16.3 Å². The molecule has 17 heavy (non-hydrogen) atoms. The van der Waals surface area contributed by atoms with Gasteiger partial charge in [-0.25, -0.2) is 4.31 Å². The van der Waals surface area contributed by atoms with E-state index in [2.05, 4.69) is 4.31 Å². The Hall–Kier alpha value is -0.420. The number of hydrogen-bond donors (Lipinski definition) is 1. The minimum Gasteiger partial charge on any atom is -0.496 e. The lowest BCUT2D eigenvalue weighted by atomic mass is 10.1. The van der Waals surface area contributed by atoms with Gasteiger partial charge in [0, 0.05) is 29.4 Å². The number of ether oxygens (including phenoxy) is 1. The van der Waals surface area contributed by atoms with Crippen LogP contribution < -0.4 is 4.74 Å². The first-order valence-electron chi connectivity index (χ1n) is 5.60. The van der Waals surface area contributed by atoms with E-state index in [1.165, 1.54) is 0 Å². The van der Waals surface area contributed by atoms with Gasteiger partial charge in [0.2, 0.25) is 0 Å². The fraction of sp³-hybridized carbons (Fsp3) is 0.500. The molecule has 94 valence electrons. The lowest BCUT2D eigenvalue weighted by Gasteiger charge is -2.31. The number of alkyl halides is 1. The molecule has 0 saturated carbocycles. The predicted molar refractivity (Wildman–Crippen MR) is 70.7 cm³/mol. The summed E-state index contributed by atoms with van der Waals surface area (Å²) in [6, 6.07) is 5.85. The molecule has 1 aromatic rings. The van der Waals surface area contributed by atoms with Crippen LogP contribution in [0.2, 0.25) is 0 Å². The summed E-state index contributed by atoms with van der Waals surface area (Å²) in [5.41, 5.74) is 0.905. The average Bonchev–Trinajstić information content (AvgIpc) is 2.35. The molecule has 0 fully saturated rings. The molecule has 0 spiro atoms. The number of hydrogen-bond acceptors (Lipinski definition) is 4. The fourth-order valence-electron chi connectivity index (χ4n) is 1.94. The maximum Gasteiger partial charge on any atom is 0.125 e. The summed E-state index contributed by atoms with van der Waals surface area (Å²) in [5.74, 6) is 1.41. The van der Waals surface area contributed by atoms with Crippen molar-refractivity contribution in [3.63, 3.8) is 0 Å². The van der Waals surface area contributed by atoms with E-state index in [1.807, 2.05) is 18.2 Å². The summed E-state index contributed by atoms with van der Waals surface area (Å²) in [6.45, 7) is 1.51. The van der Waals surface area contributed by atoms with Crippen LogP contribution in [0.5, 0.6) is 5.75 Å². The van der Waals surface area contributed by atoms with Gasteiger partial charge in [-0.05, 0) is 30.5 Å². The quantitative estimate of drug-likeness (QED) is 0.675. The summed E-state index contributed by atoms with van der Waals surface area (Å²) in [6.07, 6.45) is 0.443. The van der Waals surface area contributed by atoms with Crippen LogP contribution in [0, 0.1) is 0 Å². The van der Waals surface area contributed by atoms with E-state index in [0.29, 0.717) is 12.4 Å². The summed E-state index contributed by atoms with van der Waals surface area (Å²) >= 11 is 7.35. The number of nitrogens with zero attached hydrogens (tertiary/aromatic N) is 1. The van der Waals surface area contributed by atoms with Crippen molar-refractivity contribution in [1.29, 1.82) is 0 Å². The number of β-amino-alcohol motifs (C(OH)–C–C–N with tert-alkyl or cyclic N) is 1. The summed E-state index contributed by atoms with van der Waals surface area (Å²) in [7, 11) is 1.63. The number of rotatable bonds is 4. The summed E-state index contributed by atoms with van der Waals surface area (Å²) in [5, 5.41) is 10.2. The molecule has 1 aliphatic heterocycles. The zero-order valence-corrected chi connectivity index (χ0v) is 11.3. The standard InChI is InChI=1S/C12H16ClNO2S/c1-16-10-4-2-5-11-12(10)9(15)8-14(17-11)7-3-6-13/h2,4-5,9,15H,3,6-8H2,1H3. The molecule has 1 aliphatic rings. The topological polar surface area (TPSA) is 32.7 Å². The average molecular weight is 274 g/mol. The van der Waals surface area contributed by atoms with Crippen molar-refractivity contribution in [2.75, 3.05) is 26.1 Å². The van der Waals surface area contributed by atoms with Gasteiger partial charge in [0.15, 0.2) is 0 Å². The van der Waals surface area contributed by atoms with Gasteiger partial charge < -0.3 is 9.84 Å². The molecule has 0 bridgehead atoms. The number of aliphatic hydroxyl groups excluding tert-OH is 1. The molecule has 5 heteroatoms. The molecule has 0 aliphatic carbocycles. The van der Waals surface area contributed by atoms with Crippen molar-refractivity contribution < 1.29 is 9.84 Å². The van der Waals surface area contributed by atoms with Gasteiger partial charge in [0.05, 0.1) is 13.2 Å². The van der Waals surface area contributed by atoms with Crippen molar-refractivity contribution >= 4 is 23.5 Å². The monoisotopic (exact) mass is 273 g/mol.